The number of aromatic nitrogens is 1. The summed E-state index contributed by atoms with van der Waals surface area (Å²) in [5.74, 6) is 0. The summed E-state index contributed by atoms with van der Waals surface area (Å²) in [6.07, 6.45) is 2.27. The Morgan fingerprint density at radius 2 is 1.94 bits per heavy atom. The minimum absolute atomic E-state index is 0.0186. The lowest BCUT2D eigenvalue weighted by Crippen LogP contribution is -1.92. The second-order valence-electron chi connectivity index (χ2n) is 3.89. The van der Waals surface area contributed by atoms with Gasteiger partial charge in [0.2, 0.25) is 0 Å². The first kappa shape index (κ1) is 11.1. The van der Waals surface area contributed by atoms with Crippen LogP contribution in [-0.4, -0.2) is 4.98 Å². The van der Waals surface area contributed by atoms with E-state index in [1.807, 2.05) is 6.92 Å². The highest BCUT2D eigenvalue weighted by Gasteiger charge is 2.05. The van der Waals surface area contributed by atoms with Crippen molar-refractivity contribution in [3.05, 3.63) is 44.4 Å². The van der Waals surface area contributed by atoms with Crippen LogP contribution in [0.1, 0.15) is 23.8 Å². The molecule has 1 aromatic carbocycles. The van der Waals surface area contributed by atoms with Gasteiger partial charge in [0.1, 0.15) is 0 Å². The largest absolute Gasteiger partial charge is 0.312 e. The van der Waals surface area contributed by atoms with Gasteiger partial charge in [0, 0.05) is 4.88 Å². The van der Waals surface area contributed by atoms with Crippen LogP contribution in [0.25, 0.3) is 11.3 Å². The average Bonchev–Trinajstić information content (AvgIpc) is 2.59. The van der Waals surface area contributed by atoms with E-state index in [0.29, 0.717) is 0 Å². The summed E-state index contributed by atoms with van der Waals surface area (Å²) in [7, 11) is 0. The first-order valence-electron chi connectivity index (χ1n) is 5.49. The Bertz CT molecular complexity index is 522. The summed E-state index contributed by atoms with van der Waals surface area (Å²) in [6.45, 7) is 4.15. The summed E-state index contributed by atoms with van der Waals surface area (Å²) < 4.78 is 0. The highest BCUT2D eigenvalue weighted by atomic mass is 32.1. The Labute approximate surface area is 99.0 Å². The van der Waals surface area contributed by atoms with Gasteiger partial charge in [0.25, 0.3) is 0 Å². The lowest BCUT2D eigenvalue weighted by molar-refractivity contribution is 0.922. The zero-order valence-electron chi connectivity index (χ0n) is 9.54. The zero-order valence-corrected chi connectivity index (χ0v) is 10.4. The van der Waals surface area contributed by atoms with E-state index in [0.717, 1.165) is 29.0 Å². The highest BCUT2D eigenvalue weighted by molar-refractivity contribution is 7.09. The van der Waals surface area contributed by atoms with E-state index in [9.17, 15) is 4.79 Å². The molecule has 0 saturated carbocycles. The highest BCUT2D eigenvalue weighted by Crippen LogP contribution is 2.22. The molecule has 0 atom stereocenters. The van der Waals surface area contributed by atoms with E-state index in [4.69, 9.17) is 0 Å². The Morgan fingerprint density at radius 1 is 1.25 bits per heavy atom. The lowest BCUT2D eigenvalue weighted by atomic mass is 10.1. The van der Waals surface area contributed by atoms with Crippen molar-refractivity contribution in [3.63, 3.8) is 0 Å². The summed E-state index contributed by atoms with van der Waals surface area (Å²) >= 11 is 1.27. The number of nitrogens with one attached hydrogen (secondary N) is 1. The van der Waals surface area contributed by atoms with E-state index in [1.54, 1.807) is 0 Å². The van der Waals surface area contributed by atoms with Crippen molar-refractivity contribution in [2.24, 2.45) is 0 Å². The fraction of sp³-hybridized carbons (Fsp3) is 0.308. The molecule has 1 aromatic heterocycles. The Kier molecular flexibility index (Phi) is 3.25. The Morgan fingerprint density at radius 3 is 2.44 bits per heavy atom. The van der Waals surface area contributed by atoms with Crippen molar-refractivity contribution in [1.82, 2.24) is 4.98 Å². The Balaban J connectivity index is 2.34. The maximum atomic E-state index is 11.2. The van der Waals surface area contributed by atoms with E-state index >= 15 is 0 Å². The second kappa shape index (κ2) is 4.66. The smallest absolute Gasteiger partial charge is 0.305 e. The lowest BCUT2D eigenvalue weighted by Gasteiger charge is -2.02. The van der Waals surface area contributed by atoms with Crippen LogP contribution >= 0.6 is 11.3 Å². The molecule has 1 heterocycles. The number of rotatable bonds is 3. The molecule has 2 aromatic rings. The maximum Gasteiger partial charge on any atom is 0.305 e. The molecule has 0 radical (unpaired) electrons. The maximum absolute atomic E-state index is 11.2. The number of thiazole rings is 1. The van der Waals surface area contributed by atoms with Gasteiger partial charge in [-0.25, -0.2) is 0 Å². The summed E-state index contributed by atoms with van der Waals surface area (Å²) in [5.41, 5.74) is 3.40. The molecule has 2 rings (SSSR count). The van der Waals surface area contributed by atoms with Gasteiger partial charge in [-0.1, -0.05) is 48.9 Å². The number of H-pyrrole nitrogens is 1. The molecule has 0 aliphatic rings. The Hall–Kier alpha value is -1.35. The first-order chi connectivity index (χ1) is 7.70. The average molecular weight is 233 g/mol. The molecule has 0 spiro atoms. The van der Waals surface area contributed by atoms with Crippen LogP contribution < -0.4 is 4.87 Å². The van der Waals surface area contributed by atoms with Crippen LogP contribution in [-0.2, 0) is 6.42 Å². The standard InChI is InChI=1S/C13H15NOS/c1-3-4-10-5-7-11(8-6-10)12-9(2)16-13(15)14-12/h5-8H,3-4H2,1-2H3,(H,14,15). The third-order valence-corrected chi connectivity index (χ3v) is 3.40. The summed E-state index contributed by atoms with van der Waals surface area (Å²) in [5, 5.41) is 0. The quantitative estimate of drug-likeness (QED) is 0.866. The van der Waals surface area contributed by atoms with Crippen molar-refractivity contribution in [2.45, 2.75) is 26.7 Å². The summed E-state index contributed by atoms with van der Waals surface area (Å²) in [4.78, 5) is 15.2. The van der Waals surface area contributed by atoms with E-state index in [-0.39, 0.29) is 4.87 Å². The van der Waals surface area contributed by atoms with Gasteiger partial charge in [0.15, 0.2) is 0 Å². The SMILES string of the molecule is CCCc1ccc(-c2[nH]c(=O)sc2C)cc1. The van der Waals surface area contributed by atoms with Crippen LogP contribution in [0.2, 0.25) is 0 Å². The van der Waals surface area contributed by atoms with E-state index < -0.39 is 0 Å². The van der Waals surface area contributed by atoms with Gasteiger partial charge < -0.3 is 4.98 Å². The van der Waals surface area contributed by atoms with Gasteiger partial charge in [-0.15, -0.1) is 0 Å². The monoisotopic (exact) mass is 233 g/mol. The van der Waals surface area contributed by atoms with Crippen molar-refractivity contribution in [2.75, 3.05) is 0 Å². The fourth-order valence-corrected chi connectivity index (χ4v) is 2.51. The van der Waals surface area contributed by atoms with Crippen LogP contribution in [0.4, 0.5) is 0 Å². The topological polar surface area (TPSA) is 32.9 Å². The van der Waals surface area contributed by atoms with Crippen LogP contribution in [0.3, 0.4) is 0 Å². The fourth-order valence-electron chi connectivity index (χ4n) is 1.81. The predicted octanol–water partition coefficient (Wildman–Crippen LogP) is 3.36. The van der Waals surface area contributed by atoms with Gasteiger partial charge in [-0.3, -0.25) is 4.79 Å². The van der Waals surface area contributed by atoms with Crippen molar-refractivity contribution < 1.29 is 0 Å². The second-order valence-corrected chi connectivity index (χ2v) is 5.08. The van der Waals surface area contributed by atoms with Crippen molar-refractivity contribution >= 4 is 11.3 Å². The predicted molar refractivity (Wildman–Crippen MR) is 69.1 cm³/mol. The van der Waals surface area contributed by atoms with E-state index in [1.165, 1.54) is 16.9 Å². The molecule has 1 N–H and O–H groups in total. The third-order valence-electron chi connectivity index (χ3n) is 2.61. The summed E-state index contributed by atoms with van der Waals surface area (Å²) in [6, 6.07) is 8.43. The van der Waals surface area contributed by atoms with Crippen LogP contribution in [0, 0.1) is 6.92 Å². The normalized spacial score (nSPS) is 10.6. The molecular formula is C13H15NOS. The molecule has 0 amide bonds. The first-order valence-corrected chi connectivity index (χ1v) is 6.31. The van der Waals surface area contributed by atoms with Gasteiger partial charge in [-0.2, -0.15) is 0 Å². The van der Waals surface area contributed by atoms with Crippen LogP contribution in [0.5, 0.6) is 0 Å². The van der Waals surface area contributed by atoms with Crippen LogP contribution in [0.15, 0.2) is 29.1 Å². The number of hydrogen-bond donors (Lipinski definition) is 1. The number of aromatic amines is 1. The minimum atomic E-state index is 0.0186. The molecule has 0 aliphatic carbocycles. The zero-order chi connectivity index (χ0) is 11.5. The minimum Gasteiger partial charge on any atom is -0.312 e. The molecule has 0 saturated heterocycles. The van der Waals surface area contributed by atoms with Gasteiger partial charge in [0.05, 0.1) is 5.69 Å². The molecule has 3 heteroatoms. The molecule has 84 valence electrons. The molecule has 2 nitrogen and oxygen atoms in total. The number of aryl methyl sites for hydroxylation is 2. The molecule has 16 heavy (non-hydrogen) atoms. The molecule has 0 fully saturated rings. The number of hydrogen-bond acceptors (Lipinski definition) is 2. The van der Waals surface area contributed by atoms with Gasteiger partial charge in [-0.05, 0) is 24.5 Å². The molecule has 0 bridgehead atoms. The molecule has 0 unspecified atom stereocenters. The van der Waals surface area contributed by atoms with Crippen molar-refractivity contribution in [3.8, 4) is 11.3 Å². The van der Waals surface area contributed by atoms with Gasteiger partial charge >= 0.3 is 4.87 Å². The van der Waals surface area contributed by atoms with Crippen molar-refractivity contribution in [1.29, 1.82) is 0 Å². The third kappa shape index (κ3) is 2.25. The molecular weight excluding hydrogens is 218 g/mol. The molecule has 0 aliphatic heterocycles. The van der Waals surface area contributed by atoms with E-state index in [2.05, 4.69) is 36.2 Å². The number of benzene rings is 1.